The number of carbonyl (C=O) groups excluding carboxylic acids is 1. The van der Waals surface area contributed by atoms with Crippen molar-refractivity contribution in [3.05, 3.63) is 73.9 Å². The van der Waals surface area contributed by atoms with E-state index in [1.807, 2.05) is 0 Å². The molecule has 0 atom stereocenters. The van der Waals surface area contributed by atoms with E-state index in [-0.39, 0.29) is 12.0 Å². The average Bonchev–Trinajstić information content (AvgIpc) is 2.89. The minimum absolute atomic E-state index is 0.263. The Kier molecular flexibility index (Phi) is 4.97. The lowest BCUT2D eigenvalue weighted by molar-refractivity contribution is -0.164. The van der Waals surface area contributed by atoms with E-state index >= 15 is 0 Å². The molecule has 0 radical (unpaired) electrons. The first-order chi connectivity index (χ1) is 11.8. The van der Waals surface area contributed by atoms with Crippen molar-refractivity contribution in [3.63, 3.8) is 0 Å². The van der Waals surface area contributed by atoms with Crippen LogP contribution in [-0.2, 0) is 11.2 Å². The summed E-state index contributed by atoms with van der Waals surface area (Å²) in [6.07, 6.45) is 0.0731. The molecule has 0 saturated heterocycles. The fourth-order valence-electron chi connectivity index (χ4n) is 2.64. The summed E-state index contributed by atoms with van der Waals surface area (Å²) in [7, 11) is 0. The molecule has 1 aromatic carbocycles. The molecular weight excluding hydrogens is 463 g/mol. The van der Waals surface area contributed by atoms with E-state index in [1.54, 1.807) is 36.5 Å². The van der Waals surface area contributed by atoms with E-state index in [1.165, 1.54) is 12.1 Å². The molecule has 0 aliphatic heterocycles. The van der Waals surface area contributed by atoms with Crippen molar-refractivity contribution < 1.29 is 18.0 Å². The van der Waals surface area contributed by atoms with Gasteiger partial charge in [0, 0.05) is 20.7 Å². The van der Waals surface area contributed by atoms with Crippen LogP contribution in [0.1, 0.15) is 16.8 Å². The molecule has 1 aliphatic rings. The van der Waals surface area contributed by atoms with Gasteiger partial charge in [-0.05, 0) is 69.4 Å². The van der Waals surface area contributed by atoms with Gasteiger partial charge in [-0.25, -0.2) is 0 Å². The van der Waals surface area contributed by atoms with Gasteiger partial charge in [0.1, 0.15) is 0 Å². The number of pyridine rings is 1. The first-order valence-corrected chi connectivity index (χ1v) is 8.77. The highest BCUT2D eigenvalue weighted by atomic mass is 79.9. The highest BCUT2D eigenvalue weighted by Gasteiger charge is 2.43. The van der Waals surface area contributed by atoms with Gasteiger partial charge in [0.15, 0.2) is 0 Å². The standard InChI is InChI=1S/C18H10Br2F3NO/c19-12-3-6-15-11(8-12)7-10(16(15)17(25)18(21,22)23)1-4-14-5-2-13(20)9-24-14/h1-6,8-9H,7H2/b4-1+. The van der Waals surface area contributed by atoms with Crippen LogP contribution in [0.15, 0.2) is 57.1 Å². The van der Waals surface area contributed by atoms with Crippen LogP contribution in [-0.4, -0.2) is 16.9 Å². The third-order valence-corrected chi connectivity index (χ3v) is 4.69. The van der Waals surface area contributed by atoms with Gasteiger partial charge in [0.25, 0.3) is 5.78 Å². The van der Waals surface area contributed by atoms with Gasteiger partial charge in [-0.15, -0.1) is 0 Å². The van der Waals surface area contributed by atoms with E-state index in [0.717, 1.165) is 8.95 Å². The Morgan fingerprint density at radius 1 is 1.08 bits per heavy atom. The van der Waals surface area contributed by atoms with Crippen LogP contribution in [0.2, 0.25) is 0 Å². The molecule has 1 heterocycles. The smallest absolute Gasteiger partial charge is 0.284 e. The molecule has 0 unspecified atom stereocenters. The number of hydrogen-bond donors (Lipinski definition) is 0. The fourth-order valence-corrected chi connectivity index (χ4v) is 3.29. The van der Waals surface area contributed by atoms with E-state index in [2.05, 4.69) is 36.8 Å². The normalized spacial score (nSPS) is 14.3. The molecule has 7 heteroatoms. The molecule has 0 saturated carbocycles. The summed E-state index contributed by atoms with van der Waals surface area (Å²) >= 11 is 6.58. The van der Waals surface area contributed by atoms with Crippen LogP contribution in [0.3, 0.4) is 0 Å². The second-order valence-electron chi connectivity index (χ2n) is 5.44. The van der Waals surface area contributed by atoms with Crippen molar-refractivity contribution in [2.24, 2.45) is 0 Å². The van der Waals surface area contributed by atoms with Crippen molar-refractivity contribution in [2.75, 3.05) is 0 Å². The van der Waals surface area contributed by atoms with Crippen molar-refractivity contribution in [2.45, 2.75) is 12.6 Å². The molecule has 128 valence electrons. The monoisotopic (exact) mass is 471 g/mol. The maximum Gasteiger partial charge on any atom is 0.454 e. The summed E-state index contributed by atoms with van der Waals surface area (Å²) in [5.74, 6) is -1.82. The summed E-state index contributed by atoms with van der Waals surface area (Å²) < 4.78 is 40.6. The van der Waals surface area contributed by atoms with Gasteiger partial charge in [-0.1, -0.05) is 28.1 Å². The molecule has 0 fully saturated rings. The van der Waals surface area contributed by atoms with E-state index < -0.39 is 12.0 Å². The van der Waals surface area contributed by atoms with Crippen LogP contribution in [0.5, 0.6) is 0 Å². The van der Waals surface area contributed by atoms with Crippen LogP contribution in [0, 0.1) is 0 Å². The third-order valence-electron chi connectivity index (χ3n) is 3.73. The number of halogens is 5. The molecule has 3 rings (SSSR count). The molecule has 0 spiro atoms. The minimum atomic E-state index is -4.92. The number of rotatable bonds is 3. The number of fused-ring (bicyclic) bond motifs is 1. The van der Waals surface area contributed by atoms with Gasteiger partial charge in [0.05, 0.1) is 5.69 Å². The zero-order valence-corrected chi connectivity index (χ0v) is 15.7. The number of Topliss-reactive ketones (excluding diaryl/α,β-unsaturated/α-hetero) is 1. The predicted molar refractivity (Wildman–Crippen MR) is 96.8 cm³/mol. The number of nitrogens with zero attached hydrogens (tertiary/aromatic N) is 1. The van der Waals surface area contributed by atoms with Crippen LogP contribution >= 0.6 is 31.9 Å². The van der Waals surface area contributed by atoms with Gasteiger partial charge < -0.3 is 0 Å². The first-order valence-electron chi connectivity index (χ1n) is 7.19. The number of hydrogen-bond acceptors (Lipinski definition) is 2. The average molecular weight is 473 g/mol. The summed E-state index contributed by atoms with van der Waals surface area (Å²) in [6.45, 7) is 0. The molecule has 0 N–H and O–H groups in total. The highest BCUT2D eigenvalue weighted by molar-refractivity contribution is 9.10. The molecule has 0 bridgehead atoms. The Labute approximate surface area is 158 Å². The van der Waals surface area contributed by atoms with Crippen LogP contribution in [0.4, 0.5) is 13.2 Å². The Morgan fingerprint density at radius 3 is 2.44 bits per heavy atom. The number of allylic oxidation sites excluding steroid dienone is 3. The van der Waals surface area contributed by atoms with Crippen molar-refractivity contribution in [1.29, 1.82) is 0 Å². The number of alkyl halides is 3. The van der Waals surface area contributed by atoms with Gasteiger partial charge in [0.2, 0.25) is 0 Å². The zero-order chi connectivity index (χ0) is 18.2. The lowest BCUT2D eigenvalue weighted by atomic mass is 10.0. The predicted octanol–water partition coefficient (Wildman–Crippen LogP) is 5.76. The summed E-state index contributed by atoms with van der Waals surface area (Å²) in [5, 5.41) is 0. The number of ketones is 1. The lowest BCUT2D eigenvalue weighted by Gasteiger charge is -2.09. The van der Waals surface area contributed by atoms with Gasteiger partial charge in [-0.2, -0.15) is 13.2 Å². The second-order valence-corrected chi connectivity index (χ2v) is 7.27. The van der Waals surface area contributed by atoms with E-state index in [9.17, 15) is 18.0 Å². The van der Waals surface area contributed by atoms with Gasteiger partial charge in [-0.3, -0.25) is 9.78 Å². The molecular formula is C18H10Br2F3NO. The molecule has 25 heavy (non-hydrogen) atoms. The zero-order valence-electron chi connectivity index (χ0n) is 12.6. The van der Waals surface area contributed by atoms with Crippen LogP contribution < -0.4 is 0 Å². The number of aromatic nitrogens is 1. The minimum Gasteiger partial charge on any atom is -0.284 e. The largest absolute Gasteiger partial charge is 0.454 e. The topological polar surface area (TPSA) is 30.0 Å². The Hall–Kier alpha value is -1.73. The Bertz CT molecular complexity index is 900. The van der Waals surface area contributed by atoms with Gasteiger partial charge >= 0.3 is 6.18 Å². The summed E-state index contributed by atoms with van der Waals surface area (Å²) in [5.41, 5.74) is 1.65. The highest BCUT2D eigenvalue weighted by Crippen LogP contribution is 2.39. The molecule has 0 amide bonds. The summed E-state index contributed by atoms with van der Waals surface area (Å²) in [4.78, 5) is 16.1. The third kappa shape index (κ3) is 3.93. The fraction of sp³-hybridized carbons (Fsp3) is 0.111. The number of carbonyl (C=O) groups is 1. The van der Waals surface area contributed by atoms with E-state index in [4.69, 9.17) is 0 Å². The molecule has 1 aromatic heterocycles. The van der Waals surface area contributed by atoms with Crippen molar-refractivity contribution in [3.8, 4) is 0 Å². The summed E-state index contributed by atoms with van der Waals surface area (Å²) in [6, 6.07) is 8.41. The van der Waals surface area contributed by atoms with Crippen LogP contribution in [0.25, 0.3) is 11.6 Å². The quantitative estimate of drug-likeness (QED) is 0.568. The Balaban J connectivity index is 2.04. The maximum atomic E-state index is 13.0. The number of benzene rings is 1. The van der Waals surface area contributed by atoms with Crippen molar-refractivity contribution in [1.82, 2.24) is 4.98 Å². The maximum absolute atomic E-state index is 13.0. The molecule has 1 aliphatic carbocycles. The second kappa shape index (κ2) is 6.88. The molecule has 2 aromatic rings. The SMILES string of the molecule is O=C(C1=C(/C=C/c2ccc(Br)cn2)Cc2cc(Br)ccc21)C(F)(F)F. The van der Waals surface area contributed by atoms with Crippen molar-refractivity contribution >= 4 is 49.3 Å². The first kappa shape index (κ1) is 18.1. The molecule has 2 nitrogen and oxygen atoms in total. The Morgan fingerprint density at radius 2 is 1.80 bits per heavy atom. The lowest BCUT2D eigenvalue weighted by Crippen LogP contribution is -2.24. The van der Waals surface area contributed by atoms with E-state index in [0.29, 0.717) is 22.4 Å².